The van der Waals surface area contributed by atoms with Gasteiger partial charge in [0.25, 0.3) is 5.08 Å². The maximum atomic E-state index is 11.4. The lowest BCUT2D eigenvalue weighted by Gasteiger charge is -2.34. The quantitative estimate of drug-likeness (QED) is 0.246. The molecule has 1 rings (SSSR count). The highest BCUT2D eigenvalue weighted by atomic mass is 32.2. The number of hydrogen-bond donors (Lipinski definition) is 5. The molecule has 0 fully saturated rings. The number of aliphatic hydroxyl groups excluding tert-OH is 1. The monoisotopic (exact) mass is 428 g/mol. The minimum Gasteiger partial charge on any atom is -0.776 e. The third-order valence-electron chi connectivity index (χ3n) is 3.93. The van der Waals surface area contributed by atoms with Crippen molar-refractivity contribution in [3.05, 3.63) is 35.4 Å². The molecule has 8 nitrogen and oxygen atoms in total. The van der Waals surface area contributed by atoms with Crippen molar-refractivity contribution in [1.82, 2.24) is 0 Å². The molecule has 3 atom stereocenters. The molecule has 11 heteroatoms. The van der Waals surface area contributed by atoms with Gasteiger partial charge in [-0.2, -0.15) is 0 Å². The maximum Gasteiger partial charge on any atom is 0.370 e. The number of aliphatic hydroxyl groups is 2. The first-order chi connectivity index (χ1) is 11.9. The van der Waals surface area contributed by atoms with E-state index in [1.54, 1.807) is 6.26 Å². The zero-order valence-corrected chi connectivity index (χ0v) is 17.1. The Morgan fingerprint density at radius 3 is 2.12 bits per heavy atom. The van der Waals surface area contributed by atoms with Crippen molar-refractivity contribution >= 4 is 26.1 Å². The maximum absolute atomic E-state index is 11.4. The minimum absolute atomic E-state index is 0.125. The van der Waals surface area contributed by atoms with Gasteiger partial charge in [0.15, 0.2) is 13.3 Å². The van der Waals surface area contributed by atoms with Gasteiger partial charge in [0.2, 0.25) is 0 Å². The van der Waals surface area contributed by atoms with Gasteiger partial charge in [0.1, 0.15) is 5.75 Å². The van der Waals surface area contributed by atoms with Crippen LogP contribution in [0.2, 0.25) is 0 Å². The molecule has 1 aromatic carbocycles. The van der Waals surface area contributed by atoms with E-state index in [9.17, 15) is 19.1 Å². The predicted molar refractivity (Wildman–Crippen MR) is 100 cm³/mol. The second-order valence-corrected chi connectivity index (χ2v) is 12.4. The smallest absolute Gasteiger partial charge is 0.370 e. The summed E-state index contributed by atoms with van der Waals surface area (Å²) in [6.45, 7) is 0.125. The van der Waals surface area contributed by atoms with Gasteiger partial charge in [-0.25, -0.2) is 0 Å². The molecular formula is C15H26O8P2S. The lowest BCUT2D eigenvalue weighted by Crippen LogP contribution is -2.40. The Morgan fingerprint density at radius 1 is 1.12 bits per heavy atom. The van der Waals surface area contributed by atoms with Crippen LogP contribution in [0.1, 0.15) is 24.0 Å². The zero-order valence-electron chi connectivity index (χ0n) is 14.5. The summed E-state index contributed by atoms with van der Waals surface area (Å²) in [4.78, 5) is 38.6. The Morgan fingerprint density at radius 2 is 1.65 bits per heavy atom. The molecule has 3 unspecified atom stereocenters. The molecule has 26 heavy (non-hydrogen) atoms. The van der Waals surface area contributed by atoms with E-state index in [-0.39, 0.29) is 6.61 Å². The van der Waals surface area contributed by atoms with Gasteiger partial charge in [-0.3, -0.25) is 4.57 Å². The van der Waals surface area contributed by atoms with Gasteiger partial charge in [-0.05, 0) is 47.7 Å². The van der Waals surface area contributed by atoms with Gasteiger partial charge < -0.3 is 34.4 Å². The first-order valence-electron chi connectivity index (χ1n) is 8.00. The first-order valence-corrected chi connectivity index (χ1v) is 13.2. The highest BCUT2D eigenvalue weighted by Crippen LogP contribution is 2.65. The number of benzene rings is 1. The van der Waals surface area contributed by atoms with Crippen LogP contribution >= 0.6 is 15.2 Å². The van der Waals surface area contributed by atoms with E-state index >= 15 is 0 Å². The van der Waals surface area contributed by atoms with Crippen molar-refractivity contribution in [2.45, 2.75) is 30.8 Å². The van der Waals surface area contributed by atoms with Gasteiger partial charge in [0.05, 0.1) is 6.26 Å². The molecule has 0 saturated heterocycles. The molecule has 0 spiro atoms. The van der Waals surface area contributed by atoms with Crippen LogP contribution in [0.5, 0.6) is 0 Å². The van der Waals surface area contributed by atoms with Crippen LogP contribution in [0.15, 0.2) is 24.3 Å². The molecule has 150 valence electrons. The van der Waals surface area contributed by atoms with E-state index in [1.807, 2.05) is 24.3 Å². The summed E-state index contributed by atoms with van der Waals surface area (Å²) >= 11 is 0. The van der Waals surface area contributed by atoms with Gasteiger partial charge in [-0.1, -0.05) is 24.3 Å². The number of rotatable bonds is 11. The fourth-order valence-electron chi connectivity index (χ4n) is 2.48. The average molecular weight is 428 g/mol. The molecule has 0 aliphatic heterocycles. The third kappa shape index (κ3) is 6.75. The van der Waals surface area contributed by atoms with Crippen LogP contribution in [0.25, 0.3) is 0 Å². The summed E-state index contributed by atoms with van der Waals surface area (Å²) in [6.07, 6.45) is 4.36. The molecule has 0 amide bonds. The van der Waals surface area contributed by atoms with E-state index in [1.165, 1.54) is 0 Å². The zero-order chi connectivity index (χ0) is 20.0. The van der Waals surface area contributed by atoms with Crippen molar-refractivity contribution in [1.29, 1.82) is 0 Å². The van der Waals surface area contributed by atoms with Gasteiger partial charge in [-0.15, -0.1) is 0 Å². The highest BCUT2D eigenvalue weighted by molar-refractivity contribution is 7.97. The molecule has 0 aliphatic rings. The van der Waals surface area contributed by atoms with Crippen LogP contribution in [0, 0.1) is 0 Å². The normalized spacial score (nSPS) is 18.1. The van der Waals surface area contributed by atoms with Crippen molar-refractivity contribution in [2.24, 2.45) is 0 Å². The molecule has 0 saturated carbocycles. The van der Waals surface area contributed by atoms with Crippen LogP contribution in [-0.4, -0.2) is 54.3 Å². The highest BCUT2D eigenvalue weighted by Gasteiger charge is 2.57. The van der Waals surface area contributed by atoms with E-state index < -0.39 is 36.9 Å². The van der Waals surface area contributed by atoms with E-state index in [0.29, 0.717) is 25.0 Å². The molecule has 0 aromatic heterocycles. The Bertz CT molecular complexity index is 649. The molecule has 0 aliphatic carbocycles. The van der Waals surface area contributed by atoms with Crippen LogP contribution in [-0.2, 0) is 32.9 Å². The third-order valence-corrected chi connectivity index (χ3v) is 9.95. The molecule has 0 heterocycles. The largest absolute Gasteiger partial charge is 0.776 e. The predicted octanol–water partition coefficient (Wildman–Crippen LogP) is 0.162. The molecular weight excluding hydrogens is 402 g/mol. The van der Waals surface area contributed by atoms with Crippen LogP contribution < -0.4 is 4.89 Å². The fraction of sp³-hybridized carbons (Fsp3) is 0.600. The summed E-state index contributed by atoms with van der Waals surface area (Å²) in [5.74, 6) is -0.270. The second-order valence-electron chi connectivity index (χ2n) is 6.22. The van der Waals surface area contributed by atoms with Crippen molar-refractivity contribution in [3.8, 4) is 0 Å². The second kappa shape index (κ2) is 9.82. The number of hydrogen-bond acceptors (Lipinski definition) is 5. The van der Waals surface area contributed by atoms with Gasteiger partial charge in [0, 0.05) is 6.61 Å². The Hall–Kier alpha value is -0.210. The van der Waals surface area contributed by atoms with Gasteiger partial charge >= 0.3 is 7.60 Å². The SMILES string of the molecule is C[S+](CCCc1cccc(CCCO)c1)CC(O)(P(=O)([O-])O)P(=O)(O)O. The van der Waals surface area contributed by atoms with E-state index in [0.717, 1.165) is 17.5 Å². The summed E-state index contributed by atoms with van der Waals surface area (Å²) in [5.41, 5.74) is 2.18. The van der Waals surface area contributed by atoms with Crippen molar-refractivity contribution in [3.63, 3.8) is 0 Å². The first kappa shape index (κ1) is 23.8. The van der Waals surface area contributed by atoms with E-state index in [2.05, 4.69) is 0 Å². The summed E-state index contributed by atoms with van der Waals surface area (Å²) in [5, 5.41) is 15.3. The topological polar surface area (TPSA) is 158 Å². The summed E-state index contributed by atoms with van der Waals surface area (Å²) in [6, 6.07) is 7.85. The fourth-order valence-corrected chi connectivity index (χ4v) is 7.89. The van der Waals surface area contributed by atoms with Crippen molar-refractivity contribution in [2.75, 3.05) is 24.4 Å². The minimum atomic E-state index is -5.64. The number of aryl methyl sites for hydroxylation is 2. The lowest BCUT2D eigenvalue weighted by atomic mass is 10.0. The van der Waals surface area contributed by atoms with Crippen LogP contribution in [0.3, 0.4) is 0 Å². The Kier molecular flexibility index (Phi) is 9.00. The average Bonchev–Trinajstić information content (AvgIpc) is 2.51. The summed E-state index contributed by atoms with van der Waals surface area (Å²) in [7, 11) is -11.9. The lowest BCUT2D eigenvalue weighted by molar-refractivity contribution is -0.204. The molecule has 0 radical (unpaired) electrons. The molecule has 1 aromatic rings. The van der Waals surface area contributed by atoms with Crippen LogP contribution in [0.4, 0.5) is 0 Å². The molecule has 5 N–H and O–H groups in total. The summed E-state index contributed by atoms with van der Waals surface area (Å²) < 4.78 is 22.6. The van der Waals surface area contributed by atoms with Crippen molar-refractivity contribution < 1.29 is 38.9 Å². The Labute approximate surface area is 155 Å². The van der Waals surface area contributed by atoms with E-state index in [4.69, 9.17) is 19.8 Å². The Balaban J connectivity index is 2.63. The molecule has 0 bridgehead atoms. The standard InChI is InChI=1S/C15H26O8P2S/c1-26(12-15(17,24(18,19)20)25(21,22)23)10-4-8-14-6-2-5-13(11-14)7-3-9-16/h2,5-6,11,16-17H,3-4,7-10,12H2,1H3,(H3-,18,19,20,21,22,23).